The molecule has 0 fully saturated rings. The van der Waals surface area contributed by atoms with Gasteiger partial charge in [0.1, 0.15) is 11.4 Å². The molecule has 1 aromatic heterocycles. The van der Waals surface area contributed by atoms with Crippen molar-refractivity contribution in [3.8, 4) is 0 Å². The number of aliphatic hydroxyl groups is 1. The third-order valence-corrected chi connectivity index (χ3v) is 4.24. The van der Waals surface area contributed by atoms with E-state index in [4.69, 9.17) is 9.92 Å². The van der Waals surface area contributed by atoms with Gasteiger partial charge in [0.15, 0.2) is 0 Å². The van der Waals surface area contributed by atoms with Crippen molar-refractivity contribution >= 4 is 35.5 Å². The Morgan fingerprint density at radius 1 is 1.35 bits per heavy atom. The van der Waals surface area contributed by atoms with E-state index >= 15 is 0 Å². The Labute approximate surface area is 180 Å². The summed E-state index contributed by atoms with van der Waals surface area (Å²) in [5, 5.41) is 12.3. The van der Waals surface area contributed by atoms with Gasteiger partial charge >= 0.3 is 6.18 Å². The van der Waals surface area contributed by atoms with Crippen molar-refractivity contribution in [2.24, 2.45) is 10.7 Å². The highest BCUT2D eigenvalue weighted by atomic mass is 32.2. The van der Waals surface area contributed by atoms with Gasteiger partial charge in [-0.15, -0.1) is 0 Å². The predicted molar refractivity (Wildman–Crippen MR) is 111 cm³/mol. The lowest BCUT2D eigenvalue weighted by atomic mass is 10.1. The van der Waals surface area contributed by atoms with E-state index < -0.39 is 28.9 Å². The number of benzene rings is 1. The van der Waals surface area contributed by atoms with E-state index in [9.17, 15) is 22.7 Å². The zero-order valence-electron chi connectivity index (χ0n) is 16.9. The van der Waals surface area contributed by atoms with Crippen molar-refractivity contribution in [2.75, 3.05) is 19.0 Å². The number of hydrogen-bond donors (Lipinski definition) is 3. The highest BCUT2D eigenvalue weighted by molar-refractivity contribution is 7.94. The lowest BCUT2D eigenvalue weighted by molar-refractivity contribution is -0.138. The Morgan fingerprint density at radius 2 is 2.06 bits per heavy atom. The number of nitrogens with two attached hydrogens (primary N) is 1. The molecule has 2 rings (SSSR count). The van der Waals surface area contributed by atoms with Gasteiger partial charge in [0.2, 0.25) is 5.95 Å². The summed E-state index contributed by atoms with van der Waals surface area (Å²) in [7, 11) is 1.43. The lowest BCUT2D eigenvalue weighted by Crippen LogP contribution is -2.22. The van der Waals surface area contributed by atoms with Gasteiger partial charge in [-0.25, -0.2) is 14.4 Å². The van der Waals surface area contributed by atoms with Crippen molar-refractivity contribution < 1.29 is 26.9 Å². The molecule has 2 aromatic rings. The number of nitrogens with zero attached hydrogens (tertiary/aromatic N) is 3. The van der Waals surface area contributed by atoms with Crippen LogP contribution in [0.4, 0.5) is 29.2 Å². The second-order valence-electron chi connectivity index (χ2n) is 6.87. The van der Waals surface area contributed by atoms with E-state index in [1.54, 1.807) is 6.07 Å². The van der Waals surface area contributed by atoms with Gasteiger partial charge in [0.05, 0.1) is 30.6 Å². The summed E-state index contributed by atoms with van der Waals surface area (Å²) in [6.07, 6.45) is -2.20. The van der Waals surface area contributed by atoms with E-state index in [2.05, 4.69) is 20.3 Å². The molecular weight excluding hydrogens is 438 g/mol. The Morgan fingerprint density at radius 3 is 2.61 bits per heavy atom. The van der Waals surface area contributed by atoms with Crippen molar-refractivity contribution in [2.45, 2.75) is 30.5 Å². The third kappa shape index (κ3) is 7.19. The first-order chi connectivity index (χ1) is 14.4. The van der Waals surface area contributed by atoms with E-state index in [1.807, 2.05) is 0 Å². The standard InChI is InChI=1S/C19H21F4N5O2S/c1-18(2,29)10-25-8-11(7-24)16-13(19(21,22)23)9-26-17(28-16)27-15-5-4-12(31-30-3)6-14(15)20/h4-9,29H,10,24H2,1-3H3,(H,26,27,28)/b11-7+,25-8?. The Kier molecular flexibility index (Phi) is 7.98. The molecule has 0 aliphatic carbocycles. The smallest absolute Gasteiger partial charge is 0.404 e. The van der Waals surface area contributed by atoms with Gasteiger partial charge in [0, 0.05) is 41.1 Å². The molecule has 0 bridgehead atoms. The Hall–Kier alpha value is -2.70. The van der Waals surface area contributed by atoms with Crippen LogP contribution in [0.1, 0.15) is 25.1 Å². The Bertz CT molecular complexity index is 975. The Balaban J connectivity index is 2.42. The number of anilines is 2. The molecule has 0 spiro atoms. The molecule has 4 N–H and O–H groups in total. The molecule has 0 aliphatic rings. The van der Waals surface area contributed by atoms with Crippen LogP contribution in [0.3, 0.4) is 0 Å². The van der Waals surface area contributed by atoms with Crippen molar-refractivity contribution in [3.63, 3.8) is 0 Å². The average Bonchev–Trinajstić information content (AvgIpc) is 2.66. The van der Waals surface area contributed by atoms with Crippen LogP contribution in [-0.4, -0.2) is 40.5 Å². The summed E-state index contributed by atoms with van der Waals surface area (Å²) >= 11 is 0.950. The van der Waals surface area contributed by atoms with Crippen LogP contribution in [-0.2, 0) is 10.4 Å². The average molecular weight is 459 g/mol. The van der Waals surface area contributed by atoms with E-state index in [0.29, 0.717) is 11.1 Å². The highest BCUT2D eigenvalue weighted by Gasteiger charge is 2.36. The molecule has 7 nitrogen and oxygen atoms in total. The zero-order chi connectivity index (χ0) is 23.2. The highest BCUT2D eigenvalue weighted by Crippen LogP contribution is 2.34. The number of alkyl halides is 3. The van der Waals surface area contributed by atoms with Crippen molar-refractivity contribution in [1.29, 1.82) is 0 Å². The van der Waals surface area contributed by atoms with Gasteiger partial charge in [-0.2, -0.15) is 13.2 Å². The van der Waals surface area contributed by atoms with Crippen LogP contribution < -0.4 is 11.1 Å². The van der Waals surface area contributed by atoms with Crippen LogP contribution >= 0.6 is 12.0 Å². The van der Waals surface area contributed by atoms with Crippen LogP contribution in [0.15, 0.2) is 40.5 Å². The molecular formula is C19H21F4N5O2S. The summed E-state index contributed by atoms with van der Waals surface area (Å²) in [5.41, 5.74) is 2.47. The summed E-state index contributed by atoms with van der Waals surface area (Å²) in [4.78, 5) is 11.9. The number of rotatable bonds is 8. The van der Waals surface area contributed by atoms with Gasteiger partial charge in [-0.05, 0) is 32.0 Å². The topological polar surface area (TPSA) is 106 Å². The summed E-state index contributed by atoms with van der Waals surface area (Å²) in [5.74, 6) is -0.947. The van der Waals surface area contributed by atoms with Crippen molar-refractivity contribution in [3.05, 3.63) is 47.7 Å². The first-order valence-electron chi connectivity index (χ1n) is 8.80. The third-order valence-electron chi connectivity index (χ3n) is 3.62. The number of allylic oxidation sites excluding steroid dienone is 1. The molecule has 0 saturated carbocycles. The molecule has 0 radical (unpaired) electrons. The van der Waals surface area contributed by atoms with Crippen LogP contribution in [0, 0.1) is 5.82 Å². The van der Waals surface area contributed by atoms with Gasteiger partial charge < -0.3 is 20.3 Å². The maximum Gasteiger partial charge on any atom is 0.419 e. The fraction of sp³-hybridized carbons (Fsp3) is 0.316. The summed E-state index contributed by atoms with van der Waals surface area (Å²) < 4.78 is 59.5. The molecule has 0 atom stereocenters. The van der Waals surface area contributed by atoms with E-state index in [-0.39, 0.29) is 23.8 Å². The molecule has 31 heavy (non-hydrogen) atoms. The molecule has 1 heterocycles. The fourth-order valence-electron chi connectivity index (χ4n) is 2.29. The largest absolute Gasteiger partial charge is 0.419 e. The SMILES string of the molecule is COSc1ccc(Nc2ncc(C(F)(F)F)c(/C(C=NCC(C)(C)O)=C/N)n2)c(F)c1. The predicted octanol–water partition coefficient (Wildman–Crippen LogP) is 4.17. The second-order valence-corrected chi connectivity index (χ2v) is 7.85. The summed E-state index contributed by atoms with van der Waals surface area (Å²) in [6.45, 7) is 2.92. The first kappa shape index (κ1) is 24.6. The summed E-state index contributed by atoms with van der Waals surface area (Å²) in [6, 6.07) is 4.12. The number of hydrogen-bond acceptors (Lipinski definition) is 8. The first-order valence-corrected chi connectivity index (χ1v) is 9.54. The minimum Gasteiger partial charge on any atom is -0.404 e. The van der Waals surface area contributed by atoms with Crippen LogP contribution in [0.5, 0.6) is 0 Å². The van der Waals surface area contributed by atoms with Gasteiger partial charge in [0.25, 0.3) is 0 Å². The number of nitrogens with one attached hydrogen (secondary N) is 1. The molecule has 0 saturated heterocycles. The van der Waals surface area contributed by atoms with Gasteiger partial charge in [-0.3, -0.25) is 4.99 Å². The number of aliphatic imine (C=N–C) groups is 1. The normalized spacial score (nSPS) is 13.1. The van der Waals surface area contributed by atoms with E-state index in [1.165, 1.54) is 33.1 Å². The monoisotopic (exact) mass is 459 g/mol. The number of halogens is 4. The molecule has 0 aliphatic heterocycles. The van der Waals surface area contributed by atoms with Crippen LogP contribution in [0.25, 0.3) is 5.57 Å². The maximum absolute atomic E-state index is 14.3. The molecule has 1 aromatic carbocycles. The lowest BCUT2D eigenvalue weighted by Gasteiger charge is -2.15. The minimum absolute atomic E-state index is 0.0415. The molecule has 0 unspecified atom stereocenters. The minimum atomic E-state index is -4.77. The molecule has 168 valence electrons. The quantitative estimate of drug-likeness (QED) is 0.309. The van der Waals surface area contributed by atoms with Crippen molar-refractivity contribution in [1.82, 2.24) is 9.97 Å². The van der Waals surface area contributed by atoms with E-state index in [0.717, 1.165) is 24.5 Å². The maximum atomic E-state index is 14.3. The molecule has 0 amide bonds. The second kappa shape index (κ2) is 10.1. The van der Waals surface area contributed by atoms with Gasteiger partial charge in [-0.1, -0.05) is 0 Å². The molecule has 12 heteroatoms. The fourth-order valence-corrected chi connectivity index (χ4v) is 2.75. The zero-order valence-corrected chi connectivity index (χ0v) is 17.7. The number of aromatic nitrogens is 2. The van der Waals surface area contributed by atoms with Crippen LogP contribution in [0.2, 0.25) is 0 Å².